The van der Waals surface area contributed by atoms with Crippen LogP contribution in [0.2, 0.25) is 10.0 Å². The van der Waals surface area contributed by atoms with Crippen LogP contribution in [0.1, 0.15) is 16.7 Å². The van der Waals surface area contributed by atoms with Gasteiger partial charge in [-0.15, -0.1) is 0 Å². The van der Waals surface area contributed by atoms with Gasteiger partial charge < -0.3 is 9.47 Å². The molecule has 0 saturated carbocycles. The van der Waals surface area contributed by atoms with E-state index in [-0.39, 0.29) is 12.3 Å². The summed E-state index contributed by atoms with van der Waals surface area (Å²) in [6.45, 7) is 0.312. The summed E-state index contributed by atoms with van der Waals surface area (Å²) < 4.78 is 12.2. The zero-order valence-electron chi connectivity index (χ0n) is 16.6. The van der Waals surface area contributed by atoms with Gasteiger partial charge in [-0.25, -0.2) is 5.43 Å². The Morgan fingerprint density at radius 2 is 1.74 bits per heavy atom. The number of rotatable bonds is 8. The fraction of sp³-hybridized carbons (Fsp3) is 0.130. The summed E-state index contributed by atoms with van der Waals surface area (Å²) in [6.07, 6.45) is 1.79. The SMILES string of the molecule is COc1cc(/C=N/NC(=O)Cc2ccc(Br)cc2)ccc1OCc1ccc(Cl)c(Cl)c1. The molecule has 5 nitrogen and oxygen atoms in total. The Labute approximate surface area is 199 Å². The van der Waals surface area contributed by atoms with E-state index in [1.807, 2.05) is 36.4 Å². The van der Waals surface area contributed by atoms with Crippen molar-refractivity contribution in [2.45, 2.75) is 13.0 Å². The maximum atomic E-state index is 12.0. The quantitative estimate of drug-likeness (QED) is 0.290. The minimum atomic E-state index is -0.202. The van der Waals surface area contributed by atoms with Crippen LogP contribution < -0.4 is 14.9 Å². The highest BCUT2D eigenvalue weighted by molar-refractivity contribution is 9.10. The number of hydrogen-bond acceptors (Lipinski definition) is 4. The smallest absolute Gasteiger partial charge is 0.244 e. The molecule has 31 heavy (non-hydrogen) atoms. The van der Waals surface area contributed by atoms with Gasteiger partial charge in [0.05, 0.1) is 29.8 Å². The van der Waals surface area contributed by atoms with E-state index in [9.17, 15) is 4.79 Å². The molecule has 0 aromatic heterocycles. The molecule has 0 spiro atoms. The molecular weight excluding hydrogens is 503 g/mol. The average Bonchev–Trinajstić information content (AvgIpc) is 2.76. The molecule has 160 valence electrons. The number of halogens is 3. The highest BCUT2D eigenvalue weighted by Crippen LogP contribution is 2.29. The molecule has 0 heterocycles. The predicted molar refractivity (Wildman–Crippen MR) is 127 cm³/mol. The van der Waals surface area contributed by atoms with Gasteiger partial charge in [0.1, 0.15) is 6.61 Å². The third-order valence-electron chi connectivity index (χ3n) is 4.25. The Morgan fingerprint density at radius 1 is 1.00 bits per heavy atom. The van der Waals surface area contributed by atoms with Crippen LogP contribution in [-0.2, 0) is 17.8 Å². The van der Waals surface area contributed by atoms with Crippen molar-refractivity contribution in [2.24, 2.45) is 5.10 Å². The van der Waals surface area contributed by atoms with Gasteiger partial charge in [0, 0.05) is 4.47 Å². The number of nitrogens with one attached hydrogen (secondary N) is 1. The molecule has 0 radical (unpaired) electrons. The molecule has 0 fully saturated rings. The fourth-order valence-electron chi connectivity index (χ4n) is 2.68. The highest BCUT2D eigenvalue weighted by Gasteiger charge is 2.07. The maximum absolute atomic E-state index is 12.0. The summed E-state index contributed by atoms with van der Waals surface area (Å²) in [5, 5.41) is 4.99. The summed E-state index contributed by atoms with van der Waals surface area (Å²) in [6, 6.07) is 18.3. The van der Waals surface area contributed by atoms with E-state index in [2.05, 4.69) is 26.5 Å². The van der Waals surface area contributed by atoms with Gasteiger partial charge in [0.15, 0.2) is 11.5 Å². The minimum absolute atomic E-state index is 0.202. The first kappa shape index (κ1) is 23.1. The second-order valence-corrected chi connectivity index (χ2v) is 8.27. The van der Waals surface area contributed by atoms with Crippen LogP contribution in [0.4, 0.5) is 0 Å². The monoisotopic (exact) mass is 520 g/mol. The minimum Gasteiger partial charge on any atom is -0.493 e. The van der Waals surface area contributed by atoms with Crippen molar-refractivity contribution < 1.29 is 14.3 Å². The van der Waals surface area contributed by atoms with Crippen molar-refractivity contribution in [2.75, 3.05) is 7.11 Å². The number of hydrazone groups is 1. The van der Waals surface area contributed by atoms with Gasteiger partial charge in [-0.3, -0.25) is 4.79 Å². The third kappa shape index (κ3) is 6.99. The van der Waals surface area contributed by atoms with Crippen LogP contribution in [-0.4, -0.2) is 19.2 Å². The number of amides is 1. The van der Waals surface area contributed by atoms with E-state index in [4.69, 9.17) is 32.7 Å². The number of nitrogens with zero attached hydrogens (tertiary/aromatic N) is 1. The molecule has 1 amide bonds. The molecule has 0 unspecified atom stereocenters. The first-order valence-corrected chi connectivity index (χ1v) is 10.8. The van der Waals surface area contributed by atoms with Crippen LogP contribution in [0.15, 0.2) is 70.2 Å². The van der Waals surface area contributed by atoms with Crippen molar-refractivity contribution in [3.05, 3.63) is 91.9 Å². The molecule has 3 aromatic carbocycles. The maximum Gasteiger partial charge on any atom is 0.244 e. The summed E-state index contributed by atoms with van der Waals surface area (Å²) >= 11 is 15.3. The third-order valence-corrected chi connectivity index (χ3v) is 5.51. The van der Waals surface area contributed by atoms with Crippen LogP contribution in [0.5, 0.6) is 11.5 Å². The molecule has 1 N–H and O–H groups in total. The number of benzene rings is 3. The zero-order chi connectivity index (χ0) is 22.2. The van der Waals surface area contributed by atoms with Crippen molar-refractivity contribution >= 4 is 51.3 Å². The predicted octanol–water partition coefficient (Wildman–Crippen LogP) is 6.04. The van der Waals surface area contributed by atoms with Crippen LogP contribution in [0.3, 0.4) is 0 Å². The van der Waals surface area contributed by atoms with E-state index in [0.29, 0.717) is 28.2 Å². The molecule has 0 bridgehead atoms. The van der Waals surface area contributed by atoms with E-state index in [0.717, 1.165) is 21.2 Å². The Morgan fingerprint density at radius 3 is 2.45 bits per heavy atom. The first-order valence-electron chi connectivity index (χ1n) is 9.25. The topological polar surface area (TPSA) is 59.9 Å². The second kappa shape index (κ2) is 11.2. The Hall–Kier alpha value is -2.54. The van der Waals surface area contributed by atoms with Gasteiger partial charge >= 0.3 is 0 Å². The van der Waals surface area contributed by atoms with Crippen molar-refractivity contribution in [3.63, 3.8) is 0 Å². The summed E-state index contributed by atoms with van der Waals surface area (Å²) in [4.78, 5) is 12.0. The molecule has 0 aliphatic rings. The Kier molecular flexibility index (Phi) is 8.35. The van der Waals surface area contributed by atoms with Crippen LogP contribution in [0, 0.1) is 0 Å². The number of hydrogen-bond donors (Lipinski definition) is 1. The van der Waals surface area contributed by atoms with E-state index in [1.54, 1.807) is 37.6 Å². The molecule has 0 atom stereocenters. The Balaban J connectivity index is 1.57. The van der Waals surface area contributed by atoms with Crippen molar-refractivity contribution in [3.8, 4) is 11.5 Å². The lowest BCUT2D eigenvalue weighted by Crippen LogP contribution is -2.19. The van der Waals surface area contributed by atoms with Gasteiger partial charge in [-0.2, -0.15) is 5.10 Å². The first-order chi connectivity index (χ1) is 14.9. The second-order valence-electron chi connectivity index (χ2n) is 6.54. The zero-order valence-corrected chi connectivity index (χ0v) is 19.7. The van der Waals surface area contributed by atoms with Crippen LogP contribution in [0.25, 0.3) is 0 Å². The van der Waals surface area contributed by atoms with Gasteiger partial charge in [-0.1, -0.05) is 57.3 Å². The van der Waals surface area contributed by atoms with E-state index < -0.39 is 0 Å². The summed E-state index contributed by atoms with van der Waals surface area (Å²) in [7, 11) is 1.56. The summed E-state index contributed by atoms with van der Waals surface area (Å²) in [5.74, 6) is 0.919. The largest absolute Gasteiger partial charge is 0.493 e. The number of methoxy groups -OCH3 is 1. The lowest BCUT2D eigenvalue weighted by molar-refractivity contribution is -0.120. The molecule has 3 rings (SSSR count). The normalized spacial score (nSPS) is 10.8. The van der Waals surface area contributed by atoms with E-state index in [1.165, 1.54) is 0 Å². The van der Waals surface area contributed by atoms with Crippen LogP contribution >= 0.6 is 39.1 Å². The lowest BCUT2D eigenvalue weighted by Gasteiger charge is -2.11. The van der Waals surface area contributed by atoms with Crippen molar-refractivity contribution in [1.29, 1.82) is 0 Å². The fourth-order valence-corrected chi connectivity index (χ4v) is 3.27. The molecule has 3 aromatic rings. The lowest BCUT2D eigenvalue weighted by atomic mass is 10.1. The standard InChI is InChI=1S/C23H19BrCl2N2O3/c1-30-22-11-16(13-27-28-23(29)12-15-2-6-18(24)7-3-15)5-9-21(22)31-14-17-4-8-19(25)20(26)10-17/h2-11,13H,12,14H2,1H3,(H,28,29)/b27-13+. The highest BCUT2D eigenvalue weighted by atomic mass is 79.9. The number of carbonyl (C=O) groups is 1. The van der Waals surface area contributed by atoms with Gasteiger partial charge in [-0.05, 0) is 59.2 Å². The molecule has 0 saturated heterocycles. The molecule has 0 aliphatic carbocycles. The number of carbonyl (C=O) groups excluding carboxylic acids is 1. The summed E-state index contributed by atoms with van der Waals surface area (Å²) in [5.41, 5.74) is 5.07. The average molecular weight is 522 g/mol. The number of ether oxygens (including phenoxy) is 2. The molecule has 0 aliphatic heterocycles. The van der Waals surface area contributed by atoms with Crippen molar-refractivity contribution in [1.82, 2.24) is 5.43 Å². The molecular formula is C23H19BrCl2N2O3. The van der Waals surface area contributed by atoms with E-state index >= 15 is 0 Å². The Bertz CT molecular complexity index is 1090. The van der Waals surface area contributed by atoms with Gasteiger partial charge in [0.25, 0.3) is 0 Å². The molecule has 8 heteroatoms. The van der Waals surface area contributed by atoms with Gasteiger partial charge in [0.2, 0.25) is 5.91 Å².